The van der Waals surface area contributed by atoms with Crippen LogP contribution in [-0.2, 0) is 10.0 Å². The van der Waals surface area contributed by atoms with Crippen molar-refractivity contribution in [2.45, 2.75) is 4.90 Å². The Morgan fingerprint density at radius 2 is 1.77 bits per heavy atom. The number of aromatic hydroxyl groups is 2. The molecule has 3 aromatic carbocycles. The molecular formula is C19H15ClN4O6S. The van der Waals surface area contributed by atoms with Crippen molar-refractivity contribution in [1.29, 1.82) is 0 Å². The van der Waals surface area contributed by atoms with Gasteiger partial charge in [0, 0.05) is 28.4 Å². The van der Waals surface area contributed by atoms with Crippen molar-refractivity contribution in [3.63, 3.8) is 0 Å². The molecule has 0 saturated carbocycles. The Morgan fingerprint density at radius 1 is 1.06 bits per heavy atom. The highest BCUT2D eigenvalue weighted by atomic mass is 35.5. The van der Waals surface area contributed by atoms with Crippen molar-refractivity contribution in [2.75, 3.05) is 10.1 Å². The van der Waals surface area contributed by atoms with Crippen LogP contribution in [0.1, 0.15) is 5.56 Å². The summed E-state index contributed by atoms with van der Waals surface area (Å²) in [5, 5.41) is 34.7. The van der Waals surface area contributed by atoms with Gasteiger partial charge in [0.1, 0.15) is 4.90 Å². The molecule has 0 bridgehead atoms. The number of nitro benzene ring substituents is 1. The molecule has 0 spiro atoms. The van der Waals surface area contributed by atoms with Crippen LogP contribution >= 0.6 is 11.6 Å². The molecule has 0 aliphatic heterocycles. The third-order valence-electron chi connectivity index (χ3n) is 4.00. The maximum atomic E-state index is 12.9. The first-order valence-electron chi connectivity index (χ1n) is 8.54. The van der Waals surface area contributed by atoms with Crippen LogP contribution in [0.25, 0.3) is 0 Å². The summed E-state index contributed by atoms with van der Waals surface area (Å²) < 4.78 is 28.1. The lowest BCUT2D eigenvalue weighted by atomic mass is 10.2. The van der Waals surface area contributed by atoms with Crippen LogP contribution in [-0.4, -0.2) is 29.8 Å². The maximum Gasteiger partial charge on any atom is 0.270 e. The van der Waals surface area contributed by atoms with E-state index in [1.165, 1.54) is 48.5 Å². The number of para-hydroxylation sites is 1. The number of benzene rings is 3. The first-order valence-corrected chi connectivity index (χ1v) is 10.4. The van der Waals surface area contributed by atoms with E-state index >= 15 is 0 Å². The maximum absolute atomic E-state index is 12.9. The van der Waals surface area contributed by atoms with Gasteiger partial charge < -0.3 is 10.2 Å². The fourth-order valence-electron chi connectivity index (χ4n) is 2.49. The third kappa shape index (κ3) is 5.21. The van der Waals surface area contributed by atoms with Crippen LogP contribution in [0.3, 0.4) is 0 Å². The minimum Gasteiger partial charge on any atom is -0.504 e. The molecule has 3 rings (SSSR count). The van der Waals surface area contributed by atoms with Gasteiger partial charge in [-0.25, -0.2) is 8.42 Å². The average molecular weight is 463 g/mol. The van der Waals surface area contributed by atoms with Crippen molar-refractivity contribution in [3.8, 4) is 11.5 Å². The largest absolute Gasteiger partial charge is 0.504 e. The van der Waals surface area contributed by atoms with Crippen LogP contribution in [0.2, 0.25) is 5.02 Å². The number of anilines is 2. The molecule has 0 saturated heterocycles. The van der Waals surface area contributed by atoms with Gasteiger partial charge in [-0.15, -0.1) is 0 Å². The van der Waals surface area contributed by atoms with E-state index in [9.17, 15) is 28.7 Å². The van der Waals surface area contributed by atoms with Gasteiger partial charge in [-0.3, -0.25) is 20.3 Å². The third-order valence-corrected chi connectivity index (χ3v) is 5.67. The highest BCUT2D eigenvalue weighted by Crippen LogP contribution is 2.29. The van der Waals surface area contributed by atoms with Gasteiger partial charge in [-0.1, -0.05) is 17.7 Å². The van der Waals surface area contributed by atoms with Gasteiger partial charge in [0.2, 0.25) is 0 Å². The number of phenolic OH excluding ortho intramolecular Hbond substituents is 2. The summed E-state index contributed by atoms with van der Waals surface area (Å²) in [4.78, 5) is 9.98. The second-order valence-electron chi connectivity index (χ2n) is 6.13. The molecule has 0 aliphatic carbocycles. The lowest BCUT2D eigenvalue weighted by molar-refractivity contribution is -0.385. The fraction of sp³-hybridized carbons (Fsp3) is 0. The molecule has 0 radical (unpaired) electrons. The summed E-state index contributed by atoms with van der Waals surface area (Å²) in [5.74, 6) is -0.760. The summed E-state index contributed by atoms with van der Waals surface area (Å²) >= 11 is 5.80. The molecule has 4 N–H and O–H groups in total. The molecule has 0 amide bonds. The Kier molecular flexibility index (Phi) is 6.28. The minimum absolute atomic E-state index is 0.0528. The zero-order chi connectivity index (χ0) is 22.6. The standard InChI is InChI=1S/C19H15ClN4O6S/c20-13-4-6-14(7-5-13)23-31(29,30)18-10-15(24(27)28)8-9-16(18)22-21-11-12-2-1-3-17(25)19(12)26/h1-11,22-23,25-26H/b21-11-. The summed E-state index contributed by atoms with van der Waals surface area (Å²) in [6, 6.07) is 13.3. The molecule has 12 heteroatoms. The summed E-state index contributed by atoms with van der Waals surface area (Å²) in [6.07, 6.45) is 1.15. The summed E-state index contributed by atoms with van der Waals surface area (Å²) in [7, 11) is -4.25. The van der Waals surface area contributed by atoms with Gasteiger partial charge in [0.15, 0.2) is 11.5 Å². The van der Waals surface area contributed by atoms with Crippen molar-refractivity contribution in [3.05, 3.63) is 81.4 Å². The molecule has 0 fully saturated rings. The van der Waals surface area contributed by atoms with Crippen LogP contribution < -0.4 is 10.1 Å². The summed E-state index contributed by atoms with van der Waals surface area (Å²) in [5.41, 5.74) is 2.37. The minimum atomic E-state index is -4.25. The van der Waals surface area contributed by atoms with Crippen LogP contribution in [0.5, 0.6) is 11.5 Å². The van der Waals surface area contributed by atoms with E-state index in [0.29, 0.717) is 5.02 Å². The molecule has 0 atom stereocenters. The Bertz CT molecular complexity index is 1260. The topological polar surface area (TPSA) is 154 Å². The SMILES string of the molecule is O=[N+]([O-])c1ccc(N/N=C\c2cccc(O)c2O)c(S(=O)(=O)Nc2ccc(Cl)cc2)c1. The molecule has 31 heavy (non-hydrogen) atoms. The number of halogens is 1. The van der Waals surface area contributed by atoms with Gasteiger partial charge in [0.05, 0.1) is 16.8 Å². The zero-order valence-electron chi connectivity index (χ0n) is 15.6. The number of non-ortho nitro benzene ring substituents is 1. The first-order chi connectivity index (χ1) is 14.7. The number of sulfonamides is 1. The monoisotopic (exact) mass is 462 g/mol. The van der Waals surface area contributed by atoms with E-state index in [-0.39, 0.29) is 22.7 Å². The number of nitrogens with one attached hydrogen (secondary N) is 2. The number of phenols is 2. The predicted molar refractivity (Wildman–Crippen MR) is 116 cm³/mol. The van der Waals surface area contributed by atoms with E-state index in [4.69, 9.17) is 11.6 Å². The van der Waals surface area contributed by atoms with Gasteiger partial charge >= 0.3 is 0 Å². The van der Waals surface area contributed by atoms with Gasteiger partial charge in [-0.05, 0) is 42.5 Å². The van der Waals surface area contributed by atoms with Crippen molar-refractivity contribution >= 4 is 44.9 Å². The van der Waals surface area contributed by atoms with Crippen molar-refractivity contribution < 1.29 is 23.6 Å². The molecular weight excluding hydrogens is 448 g/mol. The Balaban J connectivity index is 1.95. The van der Waals surface area contributed by atoms with E-state index < -0.39 is 31.3 Å². The Hall–Kier alpha value is -3.83. The molecule has 0 unspecified atom stereocenters. The van der Waals surface area contributed by atoms with E-state index in [1.807, 2.05) is 0 Å². The van der Waals surface area contributed by atoms with Gasteiger partial charge in [-0.2, -0.15) is 5.10 Å². The molecule has 0 heterocycles. The first kappa shape index (κ1) is 21.9. The number of rotatable bonds is 7. The number of hydrogen-bond acceptors (Lipinski definition) is 8. The average Bonchev–Trinajstić information content (AvgIpc) is 2.72. The van der Waals surface area contributed by atoms with E-state index in [1.54, 1.807) is 0 Å². The number of nitro groups is 1. The van der Waals surface area contributed by atoms with Gasteiger partial charge in [0.25, 0.3) is 15.7 Å². The summed E-state index contributed by atoms with van der Waals surface area (Å²) in [6.45, 7) is 0. The van der Waals surface area contributed by atoms with Crippen LogP contribution in [0.15, 0.2) is 70.7 Å². The zero-order valence-corrected chi connectivity index (χ0v) is 17.1. The Labute approximate surface area is 181 Å². The number of hydrogen-bond donors (Lipinski definition) is 4. The van der Waals surface area contributed by atoms with Crippen LogP contribution in [0, 0.1) is 10.1 Å². The fourth-order valence-corrected chi connectivity index (χ4v) is 3.85. The molecule has 3 aromatic rings. The Morgan fingerprint density at radius 3 is 2.45 bits per heavy atom. The quantitative estimate of drug-likeness (QED) is 0.179. The normalized spacial score (nSPS) is 11.4. The second-order valence-corrected chi connectivity index (χ2v) is 8.22. The smallest absolute Gasteiger partial charge is 0.270 e. The molecule has 0 aliphatic rings. The van der Waals surface area contributed by atoms with Crippen molar-refractivity contribution in [1.82, 2.24) is 0 Å². The van der Waals surface area contributed by atoms with Crippen molar-refractivity contribution in [2.24, 2.45) is 5.10 Å². The highest BCUT2D eigenvalue weighted by Gasteiger charge is 2.22. The highest BCUT2D eigenvalue weighted by molar-refractivity contribution is 7.92. The number of nitrogens with zero attached hydrogens (tertiary/aromatic N) is 2. The lowest BCUT2D eigenvalue weighted by Gasteiger charge is -2.12. The van der Waals surface area contributed by atoms with E-state index in [2.05, 4.69) is 15.2 Å². The van der Waals surface area contributed by atoms with E-state index in [0.717, 1.165) is 18.3 Å². The van der Waals surface area contributed by atoms with Crippen LogP contribution in [0.4, 0.5) is 17.1 Å². The second kappa shape index (κ2) is 8.90. The number of hydrazone groups is 1. The molecule has 10 nitrogen and oxygen atoms in total. The predicted octanol–water partition coefficient (Wildman–Crippen LogP) is 3.91. The lowest BCUT2D eigenvalue weighted by Crippen LogP contribution is -2.15. The molecule has 0 aromatic heterocycles. The molecule has 160 valence electrons.